The monoisotopic (exact) mass is 260 g/mol. The third kappa shape index (κ3) is 2.35. The molecule has 5 nitrogen and oxygen atoms in total. The van der Waals surface area contributed by atoms with Gasteiger partial charge in [0.15, 0.2) is 0 Å². The molecule has 0 aliphatic rings. The van der Waals surface area contributed by atoms with Crippen LogP contribution in [-0.4, -0.2) is 28.8 Å². The summed E-state index contributed by atoms with van der Waals surface area (Å²) in [7, 11) is 0. The predicted octanol–water partition coefficient (Wildman–Crippen LogP) is 2.63. The summed E-state index contributed by atoms with van der Waals surface area (Å²) in [6.45, 7) is 2.20. The molecule has 2 aromatic rings. The minimum Gasteiger partial charge on any atom is -0.494 e. The Bertz CT molecular complexity index is 660. The summed E-state index contributed by atoms with van der Waals surface area (Å²) in [6, 6.07) is 7.61. The van der Waals surface area contributed by atoms with Crippen molar-refractivity contribution >= 4 is 22.7 Å². The number of carbonyl (C=O) groups is 2. The molecule has 0 spiro atoms. The maximum absolute atomic E-state index is 11.3. The van der Waals surface area contributed by atoms with Crippen LogP contribution < -0.4 is 4.74 Å². The Morgan fingerprint density at radius 2 is 1.79 bits per heavy atom. The van der Waals surface area contributed by atoms with E-state index in [-0.39, 0.29) is 16.5 Å². The van der Waals surface area contributed by atoms with Crippen molar-refractivity contribution in [1.29, 1.82) is 0 Å². The van der Waals surface area contributed by atoms with Crippen LogP contribution in [0.25, 0.3) is 10.8 Å². The van der Waals surface area contributed by atoms with Gasteiger partial charge in [-0.15, -0.1) is 0 Å². The third-order valence-corrected chi connectivity index (χ3v) is 2.72. The molecule has 0 unspecified atom stereocenters. The Kier molecular flexibility index (Phi) is 3.37. The van der Waals surface area contributed by atoms with Gasteiger partial charge in [0.05, 0.1) is 17.7 Å². The first-order valence-corrected chi connectivity index (χ1v) is 5.70. The fourth-order valence-corrected chi connectivity index (χ4v) is 2.00. The standard InChI is InChI=1S/C14H12O5/c1-2-19-9-6-8-4-3-5-10(13(15)16)12(8)11(7-9)14(17)18/h3-7H,2H2,1H3,(H,15,16)(H,17,18). The molecule has 2 N–H and O–H groups in total. The van der Waals surface area contributed by atoms with Gasteiger partial charge in [-0.3, -0.25) is 0 Å². The topological polar surface area (TPSA) is 83.8 Å². The van der Waals surface area contributed by atoms with Crippen molar-refractivity contribution < 1.29 is 24.5 Å². The Labute approximate surface area is 109 Å². The summed E-state index contributed by atoms with van der Waals surface area (Å²) in [5, 5.41) is 19.1. The zero-order chi connectivity index (χ0) is 14.0. The molecule has 0 bridgehead atoms. The molecular formula is C14H12O5. The summed E-state index contributed by atoms with van der Waals surface area (Å²) in [4.78, 5) is 22.5. The second kappa shape index (κ2) is 4.97. The fraction of sp³-hybridized carbons (Fsp3) is 0.143. The molecule has 0 aromatic heterocycles. The van der Waals surface area contributed by atoms with E-state index >= 15 is 0 Å². The molecule has 0 saturated heterocycles. The van der Waals surface area contributed by atoms with Crippen LogP contribution in [0.5, 0.6) is 5.75 Å². The highest BCUT2D eigenvalue weighted by Crippen LogP contribution is 2.28. The number of hydrogen-bond donors (Lipinski definition) is 2. The number of aromatic carboxylic acids is 2. The predicted molar refractivity (Wildman–Crippen MR) is 69.0 cm³/mol. The van der Waals surface area contributed by atoms with Gasteiger partial charge in [0.2, 0.25) is 0 Å². The molecule has 0 amide bonds. The lowest BCUT2D eigenvalue weighted by Crippen LogP contribution is -2.05. The van der Waals surface area contributed by atoms with Crippen molar-refractivity contribution in [2.24, 2.45) is 0 Å². The highest BCUT2D eigenvalue weighted by molar-refractivity contribution is 6.13. The molecule has 0 fully saturated rings. The molecule has 0 saturated carbocycles. The van der Waals surface area contributed by atoms with Gasteiger partial charge >= 0.3 is 11.9 Å². The van der Waals surface area contributed by atoms with Crippen LogP contribution in [0.3, 0.4) is 0 Å². The van der Waals surface area contributed by atoms with E-state index in [4.69, 9.17) is 9.84 Å². The lowest BCUT2D eigenvalue weighted by atomic mass is 9.98. The fourth-order valence-electron chi connectivity index (χ4n) is 2.00. The summed E-state index contributed by atoms with van der Waals surface area (Å²) in [6.07, 6.45) is 0. The van der Waals surface area contributed by atoms with Crippen molar-refractivity contribution in [3.63, 3.8) is 0 Å². The molecule has 98 valence electrons. The third-order valence-electron chi connectivity index (χ3n) is 2.72. The normalized spacial score (nSPS) is 10.4. The highest BCUT2D eigenvalue weighted by atomic mass is 16.5. The number of carboxylic acid groups (broad SMARTS) is 2. The Balaban J connectivity index is 2.83. The van der Waals surface area contributed by atoms with Crippen LogP contribution in [0.4, 0.5) is 0 Å². The molecular weight excluding hydrogens is 248 g/mol. The quantitative estimate of drug-likeness (QED) is 0.882. The number of rotatable bonds is 4. The number of ether oxygens (including phenoxy) is 1. The molecule has 0 aliphatic heterocycles. The van der Waals surface area contributed by atoms with Gasteiger partial charge in [0.1, 0.15) is 5.75 Å². The maximum Gasteiger partial charge on any atom is 0.336 e. The van der Waals surface area contributed by atoms with E-state index in [9.17, 15) is 14.7 Å². The van der Waals surface area contributed by atoms with Crippen LogP contribution in [0.1, 0.15) is 27.6 Å². The van der Waals surface area contributed by atoms with Gasteiger partial charge in [0, 0.05) is 5.39 Å². The van der Waals surface area contributed by atoms with E-state index < -0.39 is 11.9 Å². The van der Waals surface area contributed by atoms with Crippen molar-refractivity contribution in [3.8, 4) is 5.75 Å². The van der Waals surface area contributed by atoms with Gasteiger partial charge in [-0.1, -0.05) is 12.1 Å². The molecule has 2 rings (SSSR count). The average Bonchev–Trinajstić information content (AvgIpc) is 2.37. The first-order valence-electron chi connectivity index (χ1n) is 5.70. The minimum atomic E-state index is -1.18. The zero-order valence-corrected chi connectivity index (χ0v) is 10.2. The lowest BCUT2D eigenvalue weighted by Gasteiger charge is -2.10. The average molecular weight is 260 g/mol. The molecule has 19 heavy (non-hydrogen) atoms. The summed E-state index contributed by atoms with van der Waals surface area (Å²) < 4.78 is 5.29. The summed E-state index contributed by atoms with van der Waals surface area (Å²) >= 11 is 0. The molecule has 0 aliphatic carbocycles. The minimum absolute atomic E-state index is 0.0297. The Morgan fingerprint density at radius 3 is 2.37 bits per heavy atom. The van der Waals surface area contributed by atoms with E-state index in [1.807, 2.05) is 0 Å². The van der Waals surface area contributed by atoms with E-state index in [0.29, 0.717) is 17.7 Å². The van der Waals surface area contributed by atoms with E-state index in [0.717, 1.165) is 0 Å². The molecule has 0 atom stereocenters. The van der Waals surface area contributed by atoms with Gasteiger partial charge in [-0.05, 0) is 30.5 Å². The van der Waals surface area contributed by atoms with Crippen LogP contribution in [-0.2, 0) is 0 Å². The van der Waals surface area contributed by atoms with E-state index in [1.165, 1.54) is 12.1 Å². The smallest absolute Gasteiger partial charge is 0.336 e. The zero-order valence-electron chi connectivity index (χ0n) is 10.2. The first kappa shape index (κ1) is 12.9. The summed E-state index contributed by atoms with van der Waals surface area (Å²) in [5.74, 6) is -1.92. The van der Waals surface area contributed by atoms with Crippen molar-refractivity contribution in [2.75, 3.05) is 6.61 Å². The number of carboxylic acids is 2. The van der Waals surface area contributed by atoms with Crippen molar-refractivity contribution in [3.05, 3.63) is 41.5 Å². The largest absolute Gasteiger partial charge is 0.494 e. The number of benzene rings is 2. The van der Waals surface area contributed by atoms with Gasteiger partial charge in [-0.2, -0.15) is 0 Å². The Morgan fingerprint density at radius 1 is 1.11 bits per heavy atom. The number of fused-ring (bicyclic) bond motifs is 1. The van der Waals surface area contributed by atoms with Crippen LogP contribution >= 0.6 is 0 Å². The van der Waals surface area contributed by atoms with Crippen LogP contribution in [0, 0.1) is 0 Å². The first-order chi connectivity index (χ1) is 9.04. The SMILES string of the molecule is CCOc1cc(C(=O)O)c2c(C(=O)O)cccc2c1. The Hall–Kier alpha value is -2.56. The molecule has 5 heteroatoms. The number of hydrogen-bond acceptors (Lipinski definition) is 3. The maximum atomic E-state index is 11.3. The van der Waals surface area contributed by atoms with Gasteiger partial charge in [0.25, 0.3) is 0 Å². The molecule has 0 radical (unpaired) electrons. The molecule has 0 heterocycles. The van der Waals surface area contributed by atoms with Crippen molar-refractivity contribution in [1.82, 2.24) is 0 Å². The van der Waals surface area contributed by atoms with E-state index in [2.05, 4.69) is 0 Å². The second-order valence-corrected chi connectivity index (χ2v) is 3.92. The second-order valence-electron chi connectivity index (χ2n) is 3.92. The van der Waals surface area contributed by atoms with Crippen LogP contribution in [0.15, 0.2) is 30.3 Å². The van der Waals surface area contributed by atoms with E-state index in [1.54, 1.807) is 25.1 Å². The van der Waals surface area contributed by atoms with Crippen molar-refractivity contribution in [2.45, 2.75) is 6.92 Å². The lowest BCUT2D eigenvalue weighted by molar-refractivity contribution is 0.0695. The van der Waals surface area contributed by atoms with Gasteiger partial charge in [-0.25, -0.2) is 9.59 Å². The van der Waals surface area contributed by atoms with Crippen LogP contribution in [0.2, 0.25) is 0 Å². The van der Waals surface area contributed by atoms with Gasteiger partial charge < -0.3 is 14.9 Å². The summed E-state index contributed by atoms with van der Waals surface area (Å²) in [5.41, 5.74) is -0.100. The highest BCUT2D eigenvalue weighted by Gasteiger charge is 2.17. The molecule has 2 aromatic carbocycles.